The number of hydrogen-bond acceptors (Lipinski definition) is 5. The Balaban J connectivity index is 1.50. The summed E-state index contributed by atoms with van der Waals surface area (Å²) in [6, 6.07) is 9.78. The van der Waals surface area contributed by atoms with Crippen LogP contribution >= 0.6 is 0 Å². The van der Waals surface area contributed by atoms with E-state index in [1.54, 1.807) is 12.1 Å². The molecule has 1 aliphatic heterocycles. The van der Waals surface area contributed by atoms with Crippen LogP contribution in [-0.2, 0) is 10.0 Å². The number of anilines is 1. The van der Waals surface area contributed by atoms with Crippen molar-refractivity contribution in [2.45, 2.75) is 4.90 Å². The van der Waals surface area contributed by atoms with Gasteiger partial charge in [0.15, 0.2) is 0 Å². The maximum absolute atomic E-state index is 13.4. The van der Waals surface area contributed by atoms with Crippen molar-refractivity contribution in [3.63, 3.8) is 0 Å². The quantitative estimate of drug-likeness (QED) is 0.756. The fourth-order valence-electron chi connectivity index (χ4n) is 3.16. The molecule has 1 fully saturated rings. The maximum Gasteiger partial charge on any atom is 0.244 e. The molecule has 1 N–H and O–H groups in total. The zero-order chi connectivity index (χ0) is 20.1. The molecule has 0 spiro atoms. The van der Waals surface area contributed by atoms with E-state index in [4.69, 9.17) is 4.74 Å². The Kier molecular flexibility index (Phi) is 6.48. The second-order valence-corrected chi connectivity index (χ2v) is 8.23. The average Bonchev–Trinajstić information content (AvgIpc) is 2.69. The molecular formula is C19H23F2N3O3S. The number of benzene rings is 2. The molecule has 6 nitrogen and oxygen atoms in total. The van der Waals surface area contributed by atoms with E-state index in [-0.39, 0.29) is 23.0 Å². The molecule has 0 atom stereocenters. The van der Waals surface area contributed by atoms with Crippen molar-refractivity contribution in [3.05, 3.63) is 54.1 Å². The molecule has 0 aromatic heterocycles. The van der Waals surface area contributed by atoms with Gasteiger partial charge in [0.25, 0.3) is 0 Å². The highest BCUT2D eigenvalue weighted by Gasteiger charge is 2.21. The number of halogens is 2. The van der Waals surface area contributed by atoms with Gasteiger partial charge in [-0.1, -0.05) is 0 Å². The number of hydrogen-bond donors (Lipinski definition) is 1. The summed E-state index contributed by atoms with van der Waals surface area (Å²) in [5.74, 6) is -0.801. The second-order valence-electron chi connectivity index (χ2n) is 6.50. The van der Waals surface area contributed by atoms with Crippen molar-refractivity contribution in [1.82, 2.24) is 9.62 Å². The molecule has 9 heteroatoms. The Labute approximate surface area is 163 Å². The normalized spacial score (nSPS) is 15.6. The number of nitrogens with zero attached hydrogens (tertiary/aromatic N) is 2. The van der Waals surface area contributed by atoms with Crippen LogP contribution in [0, 0.1) is 11.6 Å². The molecule has 1 saturated heterocycles. The Morgan fingerprint density at radius 1 is 1.00 bits per heavy atom. The zero-order valence-electron chi connectivity index (χ0n) is 15.6. The summed E-state index contributed by atoms with van der Waals surface area (Å²) >= 11 is 0. The Morgan fingerprint density at radius 3 is 2.29 bits per heavy atom. The van der Waals surface area contributed by atoms with E-state index in [0.717, 1.165) is 44.0 Å². The van der Waals surface area contributed by atoms with E-state index in [1.807, 2.05) is 0 Å². The lowest BCUT2D eigenvalue weighted by atomic mass is 10.2. The van der Waals surface area contributed by atoms with Crippen LogP contribution < -0.4 is 14.4 Å². The Morgan fingerprint density at radius 2 is 1.64 bits per heavy atom. The molecule has 1 heterocycles. The third-order valence-electron chi connectivity index (χ3n) is 4.70. The first-order chi connectivity index (χ1) is 13.4. The topological polar surface area (TPSA) is 61.9 Å². The predicted molar refractivity (Wildman–Crippen MR) is 103 cm³/mol. The lowest BCUT2D eigenvalue weighted by Crippen LogP contribution is -2.48. The molecule has 152 valence electrons. The molecule has 28 heavy (non-hydrogen) atoms. The standard InChI is InChI=1S/C19H23F2N3O3S/c1-27-18-7-4-16(21)14-19(18)28(25,26)22-8-9-23-10-12-24(13-11-23)17-5-2-15(20)3-6-17/h2-7,14,22H,8-13H2,1H3. The molecule has 0 unspecified atom stereocenters. The van der Waals surface area contributed by atoms with Crippen LogP contribution in [0.5, 0.6) is 5.75 Å². The van der Waals surface area contributed by atoms with Gasteiger partial charge in [-0.3, -0.25) is 4.90 Å². The summed E-state index contributed by atoms with van der Waals surface area (Å²) in [6.45, 7) is 3.82. The van der Waals surface area contributed by atoms with E-state index in [1.165, 1.54) is 25.3 Å². The number of nitrogens with one attached hydrogen (secondary N) is 1. The second kappa shape index (κ2) is 8.85. The van der Waals surface area contributed by atoms with E-state index < -0.39 is 15.8 Å². The minimum Gasteiger partial charge on any atom is -0.495 e. The van der Waals surface area contributed by atoms with Crippen LogP contribution in [0.4, 0.5) is 14.5 Å². The smallest absolute Gasteiger partial charge is 0.244 e. The molecule has 2 aromatic rings. The maximum atomic E-state index is 13.4. The predicted octanol–water partition coefficient (Wildman–Crippen LogP) is 2.07. The van der Waals surface area contributed by atoms with Gasteiger partial charge in [0, 0.05) is 45.0 Å². The molecule has 0 saturated carbocycles. The first kappa shape index (κ1) is 20.5. The van der Waals surface area contributed by atoms with Crippen molar-refractivity contribution in [1.29, 1.82) is 0 Å². The SMILES string of the molecule is COc1ccc(F)cc1S(=O)(=O)NCCN1CCN(c2ccc(F)cc2)CC1. The summed E-state index contributed by atoms with van der Waals surface area (Å²) in [5.41, 5.74) is 0.972. The minimum atomic E-state index is -3.87. The molecule has 0 amide bonds. The monoisotopic (exact) mass is 411 g/mol. The van der Waals surface area contributed by atoms with Gasteiger partial charge in [-0.2, -0.15) is 0 Å². The third kappa shape index (κ3) is 4.98. The molecule has 2 aromatic carbocycles. The number of sulfonamides is 1. The van der Waals surface area contributed by atoms with Gasteiger partial charge in [0.1, 0.15) is 22.3 Å². The molecule has 0 radical (unpaired) electrons. The van der Waals surface area contributed by atoms with E-state index >= 15 is 0 Å². The highest BCUT2D eigenvalue weighted by atomic mass is 32.2. The largest absolute Gasteiger partial charge is 0.495 e. The third-order valence-corrected chi connectivity index (χ3v) is 6.18. The fourth-order valence-corrected chi connectivity index (χ4v) is 4.36. The summed E-state index contributed by atoms with van der Waals surface area (Å²) in [6.07, 6.45) is 0. The summed E-state index contributed by atoms with van der Waals surface area (Å²) in [4.78, 5) is 4.10. The lowest BCUT2D eigenvalue weighted by molar-refractivity contribution is 0.262. The average molecular weight is 411 g/mol. The van der Waals surface area contributed by atoms with Gasteiger partial charge in [0.05, 0.1) is 7.11 Å². The van der Waals surface area contributed by atoms with Crippen LogP contribution in [0.3, 0.4) is 0 Å². The van der Waals surface area contributed by atoms with Crippen molar-refractivity contribution < 1.29 is 21.9 Å². The molecule has 0 bridgehead atoms. The minimum absolute atomic E-state index is 0.0989. The Hall–Kier alpha value is -2.23. The highest BCUT2D eigenvalue weighted by Crippen LogP contribution is 2.24. The first-order valence-corrected chi connectivity index (χ1v) is 10.4. The van der Waals surface area contributed by atoms with Crippen molar-refractivity contribution in [2.75, 3.05) is 51.3 Å². The van der Waals surface area contributed by atoms with E-state index in [2.05, 4.69) is 14.5 Å². The number of rotatable bonds is 7. The molecular weight excluding hydrogens is 388 g/mol. The summed E-state index contributed by atoms with van der Waals surface area (Å²) in [5, 5.41) is 0. The first-order valence-electron chi connectivity index (χ1n) is 8.95. The van der Waals surface area contributed by atoms with Gasteiger partial charge in [0.2, 0.25) is 10.0 Å². The van der Waals surface area contributed by atoms with Crippen LogP contribution in [-0.4, -0.2) is 59.7 Å². The van der Waals surface area contributed by atoms with Crippen molar-refractivity contribution in [3.8, 4) is 5.75 Å². The van der Waals surface area contributed by atoms with Crippen LogP contribution in [0.15, 0.2) is 47.4 Å². The summed E-state index contributed by atoms with van der Waals surface area (Å²) < 4.78 is 58.9. The van der Waals surface area contributed by atoms with Gasteiger partial charge in [-0.05, 0) is 42.5 Å². The van der Waals surface area contributed by atoms with E-state index in [9.17, 15) is 17.2 Å². The summed E-state index contributed by atoms with van der Waals surface area (Å²) in [7, 11) is -2.53. The molecule has 0 aliphatic carbocycles. The number of methoxy groups -OCH3 is 1. The highest BCUT2D eigenvalue weighted by molar-refractivity contribution is 7.89. The Bertz CT molecular complexity index is 899. The van der Waals surface area contributed by atoms with Crippen LogP contribution in [0.2, 0.25) is 0 Å². The van der Waals surface area contributed by atoms with Gasteiger partial charge >= 0.3 is 0 Å². The number of ether oxygens (including phenoxy) is 1. The van der Waals surface area contributed by atoms with Gasteiger partial charge in [-0.25, -0.2) is 21.9 Å². The molecule has 1 aliphatic rings. The number of piperazine rings is 1. The zero-order valence-corrected chi connectivity index (χ0v) is 16.4. The lowest BCUT2D eigenvalue weighted by Gasteiger charge is -2.36. The van der Waals surface area contributed by atoms with Gasteiger partial charge in [-0.15, -0.1) is 0 Å². The van der Waals surface area contributed by atoms with Crippen LogP contribution in [0.25, 0.3) is 0 Å². The van der Waals surface area contributed by atoms with Gasteiger partial charge < -0.3 is 9.64 Å². The van der Waals surface area contributed by atoms with Crippen molar-refractivity contribution >= 4 is 15.7 Å². The fraction of sp³-hybridized carbons (Fsp3) is 0.368. The van der Waals surface area contributed by atoms with Crippen molar-refractivity contribution in [2.24, 2.45) is 0 Å². The van der Waals surface area contributed by atoms with E-state index in [0.29, 0.717) is 6.54 Å². The molecule has 3 rings (SSSR count). The van der Waals surface area contributed by atoms with Crippen LogP contribution in [0.1, 0.15) is 0 Å².